The van der Waals surface area contributed by atoms with Gasteiger partial charge in [-0.3, -0.25) is 0 Å². The molecule has 0 aliphatic carbocycles. The highest BCUT2D eigenvalue weighted by molar-refractivity contribution is 5.88. The maximum absolute atomic E-state index is 11.6. The minimum atomic E-state index is -1.46. The van der Waals surface area contributed by atoms with Crippen molar-refractivity contribution in [3.05, 3.63) is 0 Å². The van der Waals surface area contributed by atoms with Gasteiger partial charge in [-0.1, -0.05) is 0 Å². The maximum Gasteiger partial charge on any atom is 0.408 e. The second-order valence-corrected chi connectivity index (χ2v) is 5.38. The predicted octanol–water partition coefficient (Wildman–Crippen LogP) is 0.576. The van der Waals surface area contributed by atoms with E-state index in [1.54, 1.807) is 27.7 Å². The number of esters is 1. The highest BCUT2D eigenvalue weighted by Crippen LogP contribution is 2.26. The Morgan fingerprint density at radius 3 is 2.41 bits per heavy atom. The molecule has 3 atom stereocenters. The van der Waals surface area contributed by atoms with Crippen LogP contribution in [0.4, 0.5) is 4.79 Å². The number of aliphatic hydroxyl groups is 1. The average molecular weight is 245 g/mol. The molecular formula is C11H19NO5. The van der Waals surface area contributed by atoms with Crippen molar-refractivity contribution in [1.29, 1.82) is 0 Å². The van der Waals surface area contributed by atoms with E-state index in [0.29, 0.717) is 0 Å². The SMILES string of the molecule is CC1OC(=O)C(C)(NC(=O)OC(C)(C)C)C1O. The first-order valence-electron chi connectivity index (χ1n) is 5.46. The minimum absolute atomic E-state index is 0.651. The van der Waals surface area contributed by atoms with Gasteiger partial charge in [0.05, 0.1) is 0 Å². The summed E-state index contributed by atoms with van der Waals surface area (Å²) in [6.07, 6.45) is -2.50. The second-order valence-electron chi connectivity index (χ2n) is 5.38. The number of rotatable bonds is 1. The Kier molecular flexibility index (Phi) is 3.38. The third-order valence-corrected chi connectivity index (χ3v) is 2.51. The van der Waals surface area contributed by atoms with Gasteiger partial charge in [0, 0.05) is 0 Å². The molecule has 1 amide bonds. The van der Waals surface area contributed by atoms with E-state index < -0.39 is 35.4 Å². The number of nitrogens with one attached hydrogen (secondary N) is 1. The molecule has 0 aromatic rings. The van der Waals surface area contributed by atoms with Gasteiger partial charge in [0.15, 0.2) is 5.54 Å². The fraction of sp³-hybridized carbons (Fsp3) is 0.818. The zero-order valence-corrected chi connectivity index (χ0v) is 10.7. The van der Waals surface area contributed by atoms with Crippen molar-refractivity contribution >= 4 is 12.1 Å². The maximum atomic E-state index is 11.6. The van der Waals surface area contributed by atoms with Crippen molar-refractivity contribution in [3.63, 3.8) is 0 Å². The van der Waals surface area contributed by atoms with E-state index in [2.05, 4.69) is 5.32 Å². The molecule has 6 nitrogen and oxygen atoms in total. The van der Waals surface area contributed by atoms with E-state index >= 15 is 0 Å². The van der Waals surface area contributed by atoms with Crippen molar-refractivity contribution in [3.8, 4) is 0 Å². The van der Waals surface area contributed by atoms with E-state index in [1.807, 2.05) is 0 Å². The third kappa shape index (κ3) is 2.88. The molecule has 0 radical (unpaired) electrons. The first-order valence-corrected chi connectivity index (χ1v) is 5.46. The molecule has 0 aromatic heterocycles. The summed E-state index contributed by atoms with van der Waals surface area (Å²) in [5, 5.41) is 12.2. The number of hydrogen-bond acceptors (Lipinski definition) is 5. The Hall–Kier alpha value is -1.30. The lowest BCUT2D eigenvalue weighted by Crippen LogP contribution is -2.58. The normalized spacial score (nSPS) is 33.2. The van der Waals surface area contributed by atoms with Crippen LogP contribution in [0.25, 0.3) is 0 Å². The van der Waals surface area contributed by atoms with Gasteiger partial charge < -0.3 is 19.9 Å². The predicted molar refractivity (Wildman–Crippen MR) is 59.3 cm³/mol. The second kappa shape index (κ2) is 4.18. The lowest BCUT2D eigenvalue weighted by atomic mass is 9.95. The Morgan fingerprint density at radius 2 is 2.06 bits per heavy atom. The van der Waals surface area contributed by atoms with Crippen LogP contribution in [0.2, 0.25) is 0 Å². The number of aliphatic hydroxyl groups excluding tert-OH is 1. The summed E-state index contributed by atoms with van der Waals surface area (Å²) >= 11 is 0. The molecule has 0 saturated carbocycles. The zero-order chi connectivity index (χ0) is 13.4. The number of hydrogen-bond donors (Lipinski definition) is 2. The smallest absolute Gasteiger partial charge is 0.408 e. The van der Waals surface area contributed by atoms with Crippen LogP contribution < -0.4 is 5.32 Å². The van der Waals surface area contributed by atoms with E-state index in [1.165, 1.54) is 6.92 Å². The van der Waals surface area contributed by atoms with Crippen LogP contribution in [-0.2, 0) is 14.3 Å². The van der Waals surface area contributed by atoms with Crippen molar-refractivity contribution in [1.82, 2.24) is 5.32 Å². The van der Waals surface area contributed by atoms with E-state index in [9.17, 15) is 14.7 Å². The van der Waals surface area contributed by atoms with Gasteiger partial charge in [-0.05, 0) is 34.6 Å². The fourth-order valence-electron chi connectivity index (χ4n) is 1.59. The minimum Gasteiger partial charge on any atom is -0.458 e. The monoisotopic (exact) mass is 245 g/mol. The molecule has 1 rings (SSSR count). The molecule has 6 heteroatoms. The Labute approximate surface area is 100 Å². The summed E-state index contributed by atoms with van der Waals surface area (Å²) in [6.45, 7) is 8.10. The fourth-order valence-corrected chi connectivity index (χ4v) is 1.59. The van der Waals surface area contributed by atoms with E-state index in [-0.39, 0.29) is 0 Å². The highest BCUT2D eigenvalue weighted by atomic mass is 16.6. The topological polar surface area (TPSA) is 84.9 Å². The molecule has 98 valence electrons. The summed E-state index contributed by atoms with van der Waals surface area (Å²) in [7, 11) is 0. The van der Waals surface area contributed by atoms with Gasteiger partial charge in [0.25, 0.3) is 0 Å². The highest BCUT2D eigenvalue weighted by Gasteiger charge is 2.53. The largest absolute Gasteiger partial charge is 0.458 e. The molecule has 17 heavy (non-hydrogen) atoms. The van der Waals surface area contributed by atoms with Crippen molar-refractivity contribution in [2.45, 2.75) is 58.0 Å². The standard InChI is InChI=1S/C11H19NO5/c1-6-7(13)11(5,8(14)16-6)12-9(15)17-10(2,3)4/h6-7,13H,1-5H3,(H,12,15). The van der Waals surface area contributed by atoms with Gasteiger partial charge in [-0.25, -0.2) is 9.59 Å². The molecule has 1 saturated heterocycles. The molecule has 0 spiro atoms. The molecule has 1 aliphatic rings. The Bertz CT molecular complexity index is 335. The number of carbonyl (C=O) groups excluding carboxylic acids is 2. The summed E-state index contributed by atoms with van der Waals surface area (Å²) in [5.41, 5.74) is -2.12. The number of amides is 1. The van der Waals surface area contributed by atoms with Crippen LogP contribution in [0.5, 0.6) is 0 Å². The van der Waals surface area contributed by atoms with Crippen molar-refractivity contribution in [2.24, 2.45) is 0 Å². The van der Waals surface area contributed by atoms with E-state index in [0.717, 1.165) is 0 Å². The van der Waals surface area contributed by atoms with Crippen LogP contribution in [0.1, 0.15) is 34.6 Å². The number of carbonyl (C=O) groups is 2. The van der Waals surface area contributed by atoms with Crippen molar-refractivity contribution < 1.29 is 24.2 Å². The molecule has 2 N–H and O–H groups in total. The van der Waals surface area contributed by atoms with Crippen LogP contribution in [0, 0.1) is 0 Å². The van der Waals surface area contributed by atoms with Crippen LogP contribution in [-0.4, -0.2) is 40.5 Å². The van der Waals surface area contributed by atoms with Crippen LogP contribution in [0.3, 0.4) is 0 Å². The molecule has 3 unspecified atom stereocenters. The molecule has 1 aliphatic heterocycles. The third-order valence-electron chi connectivity index (χ3n) is 2.51. The molecule has 1 heterocycles. The van der Waals surface area contributed by atoms with Crippen molar-refractivity contribution in [2.75, 3.05) is 0 Å². The lowest BCUT2D eigenvalue weighted by molar-refractivity contribution is -0.145. The lowest BCUT2D eigenvalue weighted by Gasteiger charge is -2.27. The van der Waals surface area contributed by atoms with Gasteiger partial charge in [0.1, 0.15) is 17.8 Å². The Balaban J connectivity index is 2.73. The molecule has 0 bridgehead atoms. The summed E-state index contributed by atoms with van der Waals surface area (Å²) in [4.78, 5) is 23.1. The number of cyclic esters (lactones) is 1. The summed E-state index contributed by atoms with van der Waals surface area (Å²) < 4.78 is 9.89. The van der Waals surface area contributed by atoms with Gasteiger partial charge in [0.2, 0.25) is 0 Å². The number of alkyl carbamates (subject to hydrolysis) is 1. The van der Waals surface area contributed by atoms with Gasteiger partial charge >= 0.3 is 12.1 Å². The quantitative estimate of drug-likeness (QED) is 0.660. The molecule has 1 fully saturated rings. The number of ether oxygens (including phenoxy) is 2. The zero-order valence-electron chi connectivity index (χ0n) is 10.7. The van der Waals surface area contributed by atoms with Crippen LogP contribution >= 0.6 is 0 Å². The summed E-state index contributed by atoms with van der Waals surface area (Å²) in [6, 6.07) is 0. The Morgan fingerprint density at radius 1 is 1.53 bits per heavy atom. The molecule has 0 aromatic carbocycles. The van der Waals surface area contributed by atoms with Crippen LogP contribution in [0.15, 0.2) is 0 Å². The molecular weight excluding hydrogens is 226 g/mol. The first kappa shape index (κ1) is 13.8. The first-order chi connectivity index (χ1) is 7.56. The average Bonchev–Trinajstić information content (AvgIpc) is 2.27. The van der Waals surface area contributed by atoms with Gasteiger partial charge in [-0.2, -0.15) is 0 Å². The summed E-state index contributed by atoms with van der Waals surface area (Å²) in [5.74, 6) is -0.664. The van der Waals surface area contributed by atoms with E-state index in [4.69, 9.17) is 9.47 Å². The van der Waals surface area contributed by atoms with Gasteiger partial charge in [-0.15, -0.1) is 0 Å².